The van der Waals surface area contributed by atoms with Gasteiger partial charge in [-0.05, 0) is 17.5 Å². The number of nitrogens with two attached hydrogens (primary N) is 1. The molecule has 1 atom stereocenters. The van der Waals surface area contributed by atoms with Gasteiger partial charge in [0.25, 0.3) is 0 Å². The largest absolute Gasteiger partial charge is 0.460 e. The molecular weight excluding hydrogens is 304 g/mol. The van der Waals surface area contributed by atoms with E-state index in [0.717, 1.165) is 11.1 Å². The van der Waals surface area contributed by atoms with E-state index >= 15 is 0 Å². The molecule has 1 amide bonds. The fraction of sp³-hybridized carbons (Fsp3) is 0.263. The van der Waals surface area contributed by atoms with Crippen LogP contribution in [0.25, 0.3) is 0 Å². The van der Waals surface area contributed by atoms with Crippen LogP contribution in [0.4, 0.5) is 0 Å². The summed E-state index contributed by atoms with van der Waals surface area (Å²) in [5.74, 6) is -0.625. The molecule has 2 aromatic carbocycles. The molecule has 0 bridgehead atoms. The Morgan fingerprint density at radius 3 is 2.17 bits per heavy atom. The van der Waals surface area contributed by atoms with Crippen LogP contribution in [-0.4, -0.2) is 17.9 Å². The summed E-state index contributed by atoms with van der Waals surface area (Å²) in [5, 5.41) is 2.80. The lowest BCUT2D eigenvalue weighted by atomic mass is 10.1. The second kappa shape index (κ2) is 9.47. The molecule has 5 heteroatoms. The Morgan fingerprint density at radius 1 is 0.958 bits per heavy atom. The molecule has 2 rings (SSSR count). The van der Waals surface area contributed by atoms with E-state index in [9.17, 15) is 9.59 Å². The summed E-state index contributed by atoms with van der Waals surface area (Å²) in [6.07, 6.45) is 0.447. The van der Waals surface area contributed by atoms with Gasteiger partial charge in [-0.25, -0.2) is 0 Å². The molecule has 0 saturated heterocycles. The lowest BCUT2D eigenvalue weighted by Gasteiger charge is -2.11. The second-order valence-electron chi connectivity index (χ2n) is 5.50. The number of amides is 1. The lowest BCUT2D eigenvalue weighted by molar-refractivity contribution is -0.146. The molecule has 0 heterocycles. The van der Waals surface area contributed by atoms with Gasteiger partial charge in [-0.15, -0.1) is 0 Å². The van der Waals surface area contributed by atoms with Crippen LogP contribution in [0.5, 0.6) is 0 Å². The zero-order chi connectivity index (χ0) is 17.2. The maximum absolute atomic E-state index is 11.8. The summed E-state index contributed by atoms with van der Waals surface area (Å²) in [7, 11) is 0. The first-order chi connectivity index (χ1) is 11.6. The SMILES string of the molecule is N[C@@H](CCC(=O)NCc1ccccc1)C(=O)OCc1ccccc1. The Balaban J connectivity index is 1.65. The lowest BCUT2D eigenvalue weighted by Crippen LogP contribution is -2.34. The highest BCUT2D eigenvalue weighted by atomic mass is 16.5. The fourth-order valence-corrected chi connectivity index (χ4v) is 2.13. The molecule has 0 aliphatic carbocycles. The number of carbonyl (C=O) groups excluding carboxylic acids is 2. The number of hydrogen-bond donors (Lipinski definition) is 2. The van der Waals surface area contributed by atoms with Crippen LogP contribution >= 0.6 is 0 Å². The van der Waals surface area contributed by atoms with Crippen molar-refractivity contribution in [1.82, 2.24) is 5.32 Å². The van der Waals surface area contributed by atoms with Gasteiger partial charge < -0.3 is 15.8 Å². The quantitative estimate of drug-likeness (QED) is 0.728. The summed E-state index contributed by atoms with van der Waals surface area (Å²) < 4.78 is 5.16. The highest BCUT2D eigenvalue weighted by Gasteiger charge is 2.16. The van der Waals surface area contributed by atoms with Gasteiger partial charge in [-0.1, -0.05) is 60.7 Å². The first-order valence-electron chi connectivity index (χ1n) is 7.92. The predicted octanol–water partition coefficient (Wildman–Crippen LogP) is 2.15. The minimum Gasteiger partial charge on any atom is -0.460 e. The molecule has 3 N–H and O–H groups in total. The van der Waals surface area contributed by atoms with Crippen molar-refractivity contribution in [3.63, 3.8) is 0 Å². The molecule has 0 radical (unpaired) electrons. The van der Waals surface area contributed by atoms with Gasteiger partial charge in [0.2, 0.25) is 5.91 Å². The topological polar surface area (TPSA) is 81.4 Å². The third-order valence-corrected chi connectivity index (χ3v) is 3.54. The number of carbonyl (C=O) groups is 2. The predicted molar refractivity (Wildman–Crippen MR) is 91.7 cm³/mol. The standard InChI is InChI=1S/C19H22N2O3/c20-17(19(23)24-14-16-9-5-2-6-10-16)11-12-18(22)21-13-15-7-3-1-4-8-15/h1-10,17H,11-14,20H2,(H,21,22)/t17-/m0/s1. The average Bonchev–Trinajstić information content (AvgIpc) is 2.64. The van der Waals surface area contributed by atoms with Gasteiger partial charge in [-0.3, -0.25) is 9.59 Å². The van der Waals surface area contributed by atoms with Gasteiger partial charge >= 0.3 is 5.97 Å². The molecular formula is C19H22N2O3. The molecule has 0 saturated carbocycles. The number of benzene rings is 2. The van der Waals surface area contributed by atoms with E-state index in [1.165, 1.54) is 0 Å². The second-order valence-corrected chi connectivity index (χ2v) is 5.50. The van der Waals surface area contributed by atoms with Crippen LogP contribution in [0, 0.1) is 0 Å². The van der Waals surface area contributed by atoms with Crippen LogP contribution < -0.4 is 11.1 Å². The van der Waals surface area contributed by atoms with Crippen molar-refractivity contribution in [3.8, 4) is 0 Å². The van der Waals surface area contributed by atoms with Crippen molar-refractivity contribution >= 4 is 11.9 Å². The Morgan fingerprint density at radius 2 is 1.54 bits per heavy atom. The van der Waals surface area contributed by atoms with E-state index in [0.29, 0.717) is 6.54 Å². The molecule has 0 unspecified atom stereocenters. The first kappa shape index (κ1) is 17.7. The van der Waals surface area contributed by atoms with Gasteiger partial charge in [0.15, 0.2) is 0 Å². The normalized spacial score (nSPS) is 11.5. The Labute approximate surface area is 141 Å². The molecule has 0 fully saturated rings. The van der Waals surface area contributed by atoms with E-state index in [-0.39, 0.29) is 25.4 Å². The Bertz CT molecular complexity index is 644. The summed E-state index contributed by atoms with van der Waals surface area (Å²) in [5.41, 5.74) is 7.71. The van der Waals surface area contributed by atoms with Crippen molar-refractivity contribution in [2.24, 2.45) is 5.73 Å². The van der Waals surface area contributed by atoms with Crippen LogP contribution in [0.15, 0.2) is 60.7 Å². The van der Waals surface area contributed by atoms with Crippen molar-refractivity contribution < 1.29 is 14.3 Å². The van der Waals surface area contributed by atoms with Crippen molar-refractivity contribution in [2.75, 3.05) is 0 Å². The van der Waals surface area contributed by atoms with Crippen molar-refractivity contribution in [1.29, 1.82) is 0 Å². The van der Waals surface area contributed by atoms with E-state index in [1.807, 2.05) is 60.7 Å². The fourth-order valence-electron chi connectivity index (χ4n) is 2.13. The molecule has 0 aromatic heterocycles. The summed E-state index contributed by atoms with van der Waals surface area (Å²) in [4.78, 5) is 23.6. The average molecular weight is 326 g/mol. The molecule has 24 heavy (non-hydrogen) atoms. The molecule has 0 aliphatic heterocycles. The van der Waals surface area contributed by atoms with Gasteiger partial charge in [0, 0.05) is 13.0 Å². The highest BCUT2D eigenvalue weighted by Crippen LogP contribution is 2.04. The maximum atomic E-state index is 11.8. The van der Waals surface area contributed by atoms with E-state index in [1.54, 1.807) is 0 Å². The minimum atomic E-state index is -0.795. The van der Waals surface area contributed by atoms with Gasteiger partial charge in [-0.2, -0.15) is 0 Å². The van der Waals surface area contributed by atoms with Crippen molar-refractivity contribution in [3.05, 3.63) is 71.8 Å². The summed E-state index contributed by atoms with van der Waals surface area (Å²) in [6, 6.07) is 18.2. The van der Waals surface area contributed by atoms with E-state index in [4.69, 9.17) is 10.5 Å². The van der Waals surface area contributed by atoms with Crippen LogP contribution in [0.1, 0.15) is 24.0 Å². The molecule has 5 nitrogen and oxygen atoms in total. The van der Waals surface area contributed by atoms with Crippen molar-refractivity contribution in [2.45, 2.75) is 32.0 Å². The third-order valence-electron chi connectivity index (χ3n) is 3.54. The molecule has 126 valence electrons. The van der Waals surface area contributed by atoms with E-state index in [2.05, 4.69) is 5.32 Å². The number of hydrogen-bond acceptors (Lipinski definition) is 4. The van der Waals surface area contributed by atoms with Gasteiger partial charge in [0.05, 0.1) is 0 Å². The monoisotopic (exact) mass is 326 g/mol. The van der Waals surface area contributed by atoms with E-state index < -0.39 is 12.0 Å². The third kappa shape index (κ3) is 6.22. The number of esters is 1. The Kier molecular flexibility index (Phi) is 6.98. The number of ether oxygens (including phenoxy) is 1. The van der Waals surface area contributed by atoms with Gasteiger partial charge in [0.1, 0.15) is 12.6 Å². The summed E-state index contributed by atoms with van der Waals surface area (Å²) in [6.45, 7) is 0.654. The zero-order valence-electron chi connectivity index (χ0n) is 13.5. The molecule has 0 aliphatic rings. The number of nitrogens with one attached hydrogen (secondary N) is 1. The molecule has 2 aromatic rings. The smallest absolute Gasteiger partial charge is 0.323 e. The first-order valence-corrected chi connectivity index (χ1v) is 7.92. The zero-order valence-corrected chi connectivity index (χ0v) is 13.5. The summed E-state index contributed by atoms with van der Waals surface area (Å²) >= 11 is 0. The Hall–Kier alpha value is -2.66. The number of rotatable bonds is 8. The highest BCUT2D eigenvalue weighted by molar-refractivity contribution is 5.79. The minimum absolute atomic E-state index is 0.134. The maximum Gasteiger partial charge on any atom is 0.323 e. The molecule has 0 spiro atoms. The van der Waals surface area contributed by atoms with Crippen LogP contribution in [-0.2, 0) is 27.5 Å². The van der Waals surface area contributed by atoms with Crippen LogP contribution in [0.2, 0.25) is 0 Å². The van der Waals surface area contributed by atoms with Crippen LogP contribution in [0.3, 0.4) is 0 Å².